The molecule has 2 heterocycles. The molecule has 2 rings (SSSR count). The van der Waals surface area contributed by atoms with Crippen molar-refractivity contribution in [1.29, 1.82) is 0 Å². The molecule has 0 radical (unpaired) electrons. The van der Waals surface area contributed by atoms with Gasteiger partial charge < -0.3 is 5.32 Å². The number of thiophene rings is 1. The Kier molecular flexibility index (Phi) is 4.29. The molecule has 0 aliphatic heterocycles. The van der Waals surface area contributed by atoms with Crippen molar-refractivity contribution < 1.29 is 4.79 Å². The number of nitrogens with zero attached hydrogens (tertiary/aromatic N) is 2. The van der Waals surface area contributed by atoms with Crippen LogP contribution in [0.3, 0.4) is 0 Å². The van der Waals surface area contributed by atoms with Crippen LogP contribution in [0, 0.1) is 16.7 Å². The lowest BCUT2D eigenvalue weighted by molar-refractivity contribution is 0.102. The van der Waals surface area contributed by atoms with Gasteiger partial charge in [0, 0.05) is 11.4 Å². The molecule has 0 bridgehead atoms. The molecule has 0 aliphatic rings. The SMILES string of the molecule is Cc1nn(C(C)C)c(C)c1NC(=O)c1csc(I)c1. The number of anilines is 1. The van der Waals surface area contributed by atoms with Crippen LogP contribution >= 0.6 is 33.9 Å². The molecule has 6 heteroatoms. The van der Waals surface area contributed by atoms with Gasteiger partial charge in [-0.05, 0) is 56.4 Å². The van der Waals surface area contributed by atoms with Crippen molar-refractivity contribution in [2.45, 2.75) is 33.7 Å². The second-order valence-corrected chi connectivity index (χ2v) is 7.48. The molecule has 1 amide bonds. The Bertz CT molecular complexity index is 615. The number of rotatable bonds is 3. The third-order valence-electron chi connectivity index (χ3n) is 2.88. The number of carbonyl (C=O) groups excluding carboxylic acids is 1. The van der Waals surface area contributed by atoms with Crippen LogP contribution in [0.1, 0.15) is 41.6 Å². The van der Waals surface area contributed by atoms with Crippen LogP contribution in [0.2, 0.25) is 0 Å². The Hall–Kier alpha value is -0.890. The van der Waals surface area contributed by atoms with E-state index in [1.165, 1.54) is 0 Å². The number of hydrogen-bond donors (Lipinski definition) is 1. The van der Waals surface area contributed by atoms with E-state index in [0.29, 0.717) is 5.56 Å². The van der Waals surface area contributed by atoms with Crippen LogP contribution in [0.15, 0.2) is 11.4 Å². The van der Waals surface area contributed by atoms with Gasteiger partial charge in [-0.15, -0.1) is 11.3 Å². The first-order valence-corrected chi connectivity index (χ1v) is 7.97. The zero-order chi connectivity index (χ0) is 14.2. The fourth-order valence-corrected chi connectivity index (χ4v) is 3.29. The average molecular weight is 389 g/mol. The van der Waals surface area contributed by atoms with E-state index < -0.39 is 0 Å². The van der Waals surface area contributed by atoms with E-state index in [1.54, 1.807) is 11.3 Å². The summed E-state index contributed by atoms with van der Waals surface area (Å²) < 4.78 is 3.04. The Morgan fingerprint density at radius 2 is 2.16 bits per heavy atom. The molecule has 0 unspecified atom stereocenters. The van der Waals surface area contributed by atoms with Crippen LogP contribution in [-0.2, 0) is 0 Å². The van der Waals surface area contributed by atoms with Gasteiger partial charge in [0.1, 0.15) is 0 Å². The predicted octanol–water partition coefficient (Wildman–Crippen LogP) is 4.00. The summed E-state index contributed by atoms with van der Waals surface area (Å²) in [7, 11) is 0. The molecule has 0 fully saturated rings. The minimum atomic E-state index is -0.0753. The second-order valence-electron chi connectivity index (χ2n) is 4.68. The zero-order valence-electron chi connectivity index (χ0n) is 11.3. The van der Waals surface area contributed by atoms with Crippen molar-refractivity contribution in [3.8, 4) is 0 Å². The van der Waals surface area contributed by atoms with E-state index in [-0.39, 0.29) is 11.9 Å². The van der Waals surface area contributed by atoms with E-state index in [0.717, 1.165) is 20.0 Å². The lowest BCUT2D eigenvalue weighted by atomic mass is 10.2. The maximum atomic E-state index is 12.2. The Labute approximate surface area is 130 Å². The topological polar surface area (TPSA) is 46.9 Å². The van der Waals surface area contributed by atoms with Gasteiger partial charge in [-0.1, -0.05) is 0 Å². The minimum absolute atomic E-state index is 0.0753. The Morgan fingerprint density at radius 3 is 2.63 bits per heavy atom. The minimum Gasteiger partial charge on any atom is -0.319 e. The Balaban J connectivity index is 2.26. The van der Waals surface area contributed by atoms with E-state index in [1.807, 2.05) is 30.0 Å². The zero-order valence-corrected chi connectivity index (χ0v) is 14.3. The first kappa shape index (κ1) is 14.5. The first-order chi connectivity index (χ1) is 8.90. The van der Waals surface area contributed by atoms with Crippen molar-refractivity contribution in [3.05, 3.63) is 31.3 Å². The number of aromatic nitrogens is 2. The average Bonchev–Trinajstić information content (AvgIpc) is 2.87. The van der Waals surface area contributed by atoms with E-state index in [4.69, 9.17) is 0 Å². The summed E-state index contributed by atoms with van der Waals surface area (Å²) in [6.45, 7) is 8.05. The van der Waals surface area contributed by atoms with Crippen molar-refractivity contribution >= 4 is 45.5 Å². The highest BCUT2D eigenvalue weighted by molar-refractivity contribution is 14.1. The molecule has 19 heavy (non-hydrogen) atoms. The third kappa shape index (κ3) is 3.00. The molecular formula is C13H16IN3OS. The monoisotopic (exact) mass is 389 g/mol. The summed E-state index contributed by atoms with van der Waals surface area (Å²) in [4.78, 5) is 12.2. The fraction of sp³-hybridized carbons (Fsp3) is 0.385. The summed E-state index contributed by atoms with van der Waals surface area (Å²) >= 11 is 3.78. The normalized spacial score (nSPS) is 11.1. The lowest BCUT2D eigenvalue weighted by Crippen LogP contribution is -2.12. The Morgan fingerprint density at radius 1 is 1.47 bits per heavy atom. The quantitative estimate of drug-likeness (QED) is 0.807. The number of aryl methyl sites for hydroxylation is 1. The smallest absolute Gasteiger partial charge is 0.256 e. The standard InChI is InChI=1S/C13H16IN3OS/c1-7(2)17-9(4)12(8(3)16-17)15-13(18)10-5-11(14)19-6-10/h5-7H,1-4H3,(H,15,18). The summed E-state index contributed by atoms with van der Waals surface area (Å²) in [5, 5.41) is 9.30. The second kappa shape index (κ2) is 5.62. The van der Waals surface area contributed by atoms with Gasteiger partial charge in [0.2, 0.25) is 0 Å². The molecule has 1 N–H and O–H groups in total. The molecule has 2 aromatic heterocycles. The number of amides is 1. The van der Waals surface area contributed by atoms with Crippen LogP contribution in [-0.4, -0.2) is 15.7 Å². The molecule has 4 nitrogen and oxygen atoms in total. The molecule has 0 aliphatic carbocycles. The first-order valence-electron chi connectivity index (χ1n) is 6.01. The van der Waals surface area contributed by atoms with Crippen LogP contribution in [0.4, 0.5) is 5.69 Å². The van der Waals surface area contributed by atoms with Gasteiger partial charge in [-0.2, -0.15) is 5.10 Å². The summed E-state index contributed by atoms with van der Waals surface area (Å²) in [5.41, 5.74) is 3.36. The van der Waals surface area contributed by atoms with Crippen molar-refractivity contribution in [1.82, 2.24) is 9.78 Å². The van der Waals surface area contributed by atoms with Gasteiger partial charge in [-0.25, -0.2) is 0 Å². The lowest BCUT2D eigenvalue weighted by Gasteiger charge is -2.09. The van der Waals surface area contributed by atoms with E-state index >= 15 is 0 Å². The molecular weight excluding hydrogens is 373 g/mol. The van der Waals surface area contributed by atoms with Gasteiger partial charge in [0.25, 0.3) is 5.91 Å². The van der Waals surface area contributed by atoms with Gasteiger partial charge in [-0.3, -0.25) is 9.48 Å². The van der Waals surface area contributed by atoms with Crippen LogP contribution in [0.5, 0.6) is 0 Å². The maximum absolute atomic E-state index is 12.2. The fourth-order valence-electron chi connectivity index (χ4n) is 1.96. The van der Waals surface area contributed by atoms with Crippen LogP contribution in [0.25, 0.3) is 0 Å². The highest BCUT2D eigenvalue weighted by Crippen LogP contribution is 2.24. The van der Waals surface area contributed by atoms with Crippen molar-refractivity contribution in [2.24, 2.45) is 0 Å². The summed E-state index contributed by atoms with van der Waals surface area (Å²) in [6.07, 6.45) is 0. The molecule has 0 spiro atoms. The van der Waals surface area contributed by atoms with Gasteiger partial charge in [0.05, 0.1) is 25.5 Å². The summed E-state index contributed by atoms with van der Waals surface area (Å²) in [5.74, 6) is -0.0753. The predicted molar refractivity (Wildman–Crippen MR) is 87.1 cm³/mol. The molecule has 0 saturated heterocycles. The number of halogens is 1. The van der Waals surface area contributed by atoms with Crippen molar-refractivity contribution in [2.75, 3.05) is 5.32 Å². The van der Waals surface area contributed by atoms with Crippen LogP contribution < -0.4 is 5.32 Å². The van der Waals surface area contributed by atoms with E-state index in [9.17, 15) is 4.79 Å². The van der Waals surface area contributed by atoms with Gasteiger partial charge >= 0.3 is 0 Å². The molecule has 2 aromatic rings. The number of hydrogen-bond acceptors (Lipinski definition) is 3. The highest BCUT2D eigenvalue weighted by Gasteiger charge is 2.17. The molecule has 0 atom stereocenters. The number of carbonyl (C=O) groups is 1. The molecule has 102 valence electrons. The van der Waals surface area contributed by atoms with Gasteiger partial charge in [0.15, 0.2) is 0 Å². The highest BCUT2D eigenvalue weighted by atomic mass is 127. The van der Waals surface area contributed by atoms with Crippen molar-refractivity contribution in [3.63, 3.8) is 0 Å². The third-order valence-corrected chi connectivity index (χ3v) is 4.67. The number of nitrogens with one attached hydrogen (secondary N) is 1. The summed E-state index contributed by atoms with van der Waals surface area (Å²) in [6, 6.07) is 2.17. The molecule has 0 saturated carbocycles. The maximum Gasteiger partial charge on any atom is 0.256 e. The molecule has 0 aromatic carbocycles. The largest absolute Gasteiger partial charge is 0.319 e. The van der Waals surface area contributed by atoms with E-state index in [2.05, 4.69) is 46.9 Å².